The van der Waals surface area contributed by atoms with E-state index in [9.17, 15) is 4.79 Å². The Labute approximate surface area is 74.7 Å². The van der Waals surface area contributed by atoms with Gasteiger partial charge in [-0.25, -0.2) is 0 Å². The molecule has 5 heteroatoms. The predicted molar refractivity (Wildman–Crippen MR) is 37.6 cm³/mol. The minimum atomic E-state index is 0.855. The van der Waals surface area contributed by atoms with Crippen LogP contribution in [-0.2, 0) is 9.59 Å². The van der Waals surface area contributed by atoms with Crippen molar-refractivity contribution in [2.24, 2.45) is 4.99 Å². The van der Waals surface area contributed by atoms with Crippen LogP contribution in [0.3, 0.4) is 0 Å². The van der Waals surface area contributed by atoms with E-state index in [1.807, 2.05) is 11.7 Å². The van der Waals surface area contributed by atoms with Crippen LogP contribution in [0.15, 0.2) is 13.6 Å². The molecule has 0 amide bonds. The maximum absolute atomic E-state index is 9.47. The molecule has 0 atom stereocenters. The molecule has 0 aromatic heterocycles. The summed E-state index contributed by atoms with van der Waals surface area (Å²) in [5.41, 5.74) is 0. The Balaban J connectivity index is 0. The van der Waals surface area contributed by atoms with Crippen LogP contribution in [0.1, 0.15) is 0 Å². The molecule has 0 aromatic carbocycles. The van der Waals surface area contributed by atoms with Gasteiger partial charge in [-0.1, -0.05) is 0 Å². The summed E-state index contributed by atoms with van der Waals surface area (Å²) in [4.78, 5) is 22.8. The number of carbonyl (C=O) groups excluding carboxylic acids is 2. The van der Waals surface area contributed by atoms with Crippen molar-refractivity contribution in [1.29, 1.82) is 0 Å². The Kier molecular flexibility index (Phi) is 14.5. The molecule has 0 fully saturated rings. The zero-order chi connectivity index (χ0) is 7.70. The fourth-order valence-electron chi connectivity index (χ4n) is 0.114. The average Bonchev–Trinajstić information content (AvgIpc) is 1.93. The molecule has 0 heterocycles. The molecule has 0 saturated heterocycles. The molecule has 0 bridgehead atoms. The van der Waals surface area contributed by atoms with Gasteiger partial charge in [0.25, 0.3) is 0 Å². The van der Waals surface area contributed by atoms with Gasteiger partial charge in [-0.15, -0.1) is 0 Å². The predicted octanol–water partition coefficient (Wildman–Crippen LogP) is -1.26. The van der Waals surface area contributed by atoms with E-state index in [1.54, 1.807) is 0 Å². The third kappa shape index (κ3) is 11.6. The fourth-order valence-corrected chi connectivity index (χ4v) is 0.373. The molecule has 0 aliphatic heterocycles. The summed E-state index contributed by atoms with van der Waals surface area (Å²) in [5.74, 6) is 0. The first kappa shape index (κ1) is 11.9. The number of nitrogens with zero attached hydrogens (tertiary/aromatic N) is 1. The quantitative estimate of drug-likeness (QED) is 0.328. The number of hydrogen-bond acceptors (Lipinski definition) is 3. The van der Waals surface area contributed by atoms with E-state index < -0.39 is 0 Å². The molecular formula is C4H5AlNO2Sn. The maximum atomic E-state index is 9.47. The first-order chi connectivity index (χ1) is 4.31. The second kappa shape index (κ2) is 11.0. The SMILES string of the molecule is C=O.O=C=N/[C]([Sn])=[CH]\[AlH2]. The van der Waals surface area contributed by atoms with Crippen LogP contribution in [0.5, 0.6) is 0 Å². The van der Waals surface area contributed by atoms with E-state index in [0.717, 1.165) is 20.0 Å². The van der Waals surface area contributed by atoms with E-state index in [2.05, 4.69) is 4.99 Å². The second-order valence-electron chi connectivity index (χ2n) is 0.877. The summed E-state index contributed by atoms with van der Waals surface area (Å²) in [6, 6.07) is 0. The first-order valence-electron chi connectivity index (χ1n) is 2.06. The van der Waals surface area contributed by atoms with Gasteiger partial charge in [0.2, 0.25) is 0 Å². The Morgan fingerprint density at radius 3 is 2.33 bits per heavy atom. The van der Waals surface area contributed by atoms with Crippen LogP contribution < -0.4 is 0 Å². The average molecular weight is 245 g/mol. The van der Waals surface area contributed by atoms with Gasteiger partial charge in [0.05, 0.1) is 0 Å². The summed E-state index contributed by atoms with van der Waals surface area (Å²) in [6.07, 6.45) is 1.47. The molecule has 0 aliphatic carbocycles. The molecule has 0 aliphatic rings. The van der Waals surface area contributed by atoms with Gasteiger partial charge >= 0.3 is 63.3 Å². The molecule has 0 aromatic rings. The monoisotopic (exact) mass is 246 g/mol. The zero-order valence-corrected chi connectivity index (χ0v) is 9.90. The molecule has 3 radical (unpaired) electrons. The summed E-state index contributed by atoms with van der Waals surface area (Å²) in [5, 5.41) is 0. The number of rotatable bonds is 1. The van der Waals surface area contributed by atoms with E-state index >= 15 is 0 Å². The molecule has 45 valence electrons. The minimum absolute atomic E-state index is 0.855. The van der Waals surface area contributed by atoms with Crippen molar-refractivity contribution in [3.8, 4) is 0 Å². The number of carbonyl (C=O) groups is 1. The zero-order valence-electron chi connectivity index (χ0n) is 5.05. The van der Waals surface area contributed by atoms with Crippen LogP contribution in [0.25, 0.3) is 0 Å². The third-order valence-electron chi connectivity index (χ3n) is 0.440. The molecule has 0 saturated carbocycles. The Morgan fingerprint density at radius 1 is 1.78 bits per heavy atom. The molecular weight excluding hydrogens is 240 g/mol. The standard InChI is InChI=1S/C3HNO.CH2O.Al.Sn.2H/c1-2-4-3-5;1-2;;;;/h1H;1H2;;;;. The van der Waals surface area contributed by atoms with Crippen LogP contribution in [-0.4, -0.2) is 51.7 Å². The third-order valence-corrected chi connectivity index (χ3v) is 3.78. The van der Waals surface area contributed by atoms with Gasteiger partial charge in [-0.3, -0.25) is 0 Å². The van der Waals surface area contributed by atoms with Crippen LogP contribution >= 0.6 is 0 Å². The van der Waals surface area contributed by atoms with Crippen molar-refractivity contribution in [3.63, 3.8) is 0 Å². The van der Waals surface area contributed by atoms with E-state index in [0.29, 0.717) is 0 Å². The van der Waals surface area contributed by atoms with Crippen LogP contribution in [0.2, 0.25) is 0 Å². The van der Waals surface area contributed by atoms with Gasteiger partial charge < -0.3 is 4.79 Å². The molecule has 0 N–H and O–H groups in total. The van der Waals surface area contributed by atoms with Gasteiger partial charge in [0, 0.05) is 0 Å². The van der Waals surface area contributed by atoms with E-state index in [4.69, 9.17) is 4.79 Å². The van der Waals surface area contributed by atoms with Crippen molar-refractivity contribution in [2.75, 3.05) is 0 Å². The van der Waals surface area contributed by atoms with Gasteiger partial charge in [0.15, 0.2) is 0 Å². The summed E-state index contributed by atoms with van der Waals surface area (Å²) < 4.78 is 0.855. The molecule has 0 spiro atoms. The van der Waals surface area contributed by atoms with Crippen molar-refractivity contribution in [2.45, 2.75) is 0 Å². The second-order valence-corrected chi connectivity index (χ2v) is 2.92. The Bertz CT molecular complexity index is 142. The topological polar surface area (TPSA) is 46.5 Å². The Morgan fingerprint density at radius 2 is 2.22 bits per heavy atom. The number of aliphatic imine (C=N–C) groups is 1. The number of hydrogen-bond donors (Lipinski definition) is 0. The summed E-state index contributed by atoms with van der Waals surface area (Å²) in [7, 11) is 0. The number of isocyanates is 1. The summed E-state index contributed by atoms with van der Waals surface area (Å²) in [6.45, 7) is 2.00. The molecule has 9 heavy (non-hydrogen) atoms. The van der Waals surface area contributed by atoms with Gasteiger partial charge in [-0.05, 0) is 0 Å². The molecule has 0 unspecified atom stereocenters. The van der Waals surface area contributed by atoms with Crippen molar-refractivity contribution in [3.05, 3.63) is 8.65 Å². The van der Waals surface area contributed by atoms with E-state index in [-0.39, 0.29) is 0 Å². The summed E-state index contributed by atoms with van der Waals surface area (Å²) >= 11 is 2.16. The Hall–Kier alpha value is 0.121. The molecule has 3 nitrogen and oxygen atoms in total. The van der Waals surface area contributed by atoms with Crippen molar-refractivity contribution in [1.82, 2.24) is 0 Å². The van der Waals surface area contributed by atoms with Gasteiger partial charge in [0.1, 0.15) is 6.79 Å². The molecule has 0 rings (SSSR count). The van der Waals surface area contributed by atoms with Crippen LogP contribution in [0, 0.1) is 0 Å². The van der Waals surface area contributed by atoms with E-state index in [1.165, 1.54) is 28.6 Å². The van der Waals surface area contributed by atoms with Crippen molar-refractivity contribution >= 4 is 51.7 Å². The van der Waals surface area contributed by atoms with Gasteiger partial charge in [-0.2, -0.15) is 0 Å². The normalized spacial score (nSPS) is 8.33. The fraction of sp³-hybridized carbons (Fsp3) is 0. The van der Waals surface area contributed by atoms with Crippen molar-refractivity contribution < 1.29 is 9.59 Å². The first-order valence-corrected chi connectivity index (χ1v) is 4.64. The van der Waals surface area contributed by atoms with Crippen LogP contribution in [0.4, 0.5) is 0 Å².